The Morgan fingerprint density at radius 1 is 1.23 bits per heavy atom. The Balaban J connectivity index is 1.97. The second kappa shape index (κ2) is 6.74. The number of hydrogen-bond donors (Lipinski definition) is 0. The van der Waals surface area contributed by atoms with Crippen LogP contribution in [0.15, 0.2) is 28.9 Å². The molecule has 1 atom stereocenters. The van der Waals surface area contributed by atoms with Gasteiger partial charge < -0.3 is 9.12 Å². The van der Waals surface area contributed by atoms with Gasteiger partial charge >= 0.3 is 6.18 Å². The molecule has 0 saturated heterocycles. The summed E-state index contributed by atoms with van der Waals surface area (Å²) >= 11 is -1.39. The molecule has 0 saturated carbocycles. The number of fused-ring (bicyclic) bond motifs is 3. The molecule has 0 amide bonds. The Bertz CT molecular complexity index is 837. The maximum absolute atomic E-state index is 13.0. The number of alkyl halides is 3. The molecule has 3 rings (SSSR count). The Hall–Kier alpha value is -1.80. The molecule has 26 heavy (non-hydrogen) atoms. The van der Waals surface area contributed by atoms with Gasteiger partial charge in [-0.15, -0.1) is 0 Å². The summed E-state index contributed by atoms with van der Waals surface area (Å²) in [6.07, 6.45) is 0.679. The highest BCUT2D eigenvalue weighted by molar-refractivity contribution is 7.91. The lowest BCUT2D eigenvalue weighted by molar-refractivity contribution is -0.137. The van der Waals surface area contributed by atoms with Gasteiger partial charge in [0.25, 0.3) is 0 Å². The van der Waals surface area contributed by atoms with Crippen LogP contribution in [-0.2, 0) is 30.4 Å². The summed E-state index contributed by atoms with van der Waals surface area (Å²) in [4.78, 5) is 4.32. The van der Waals surface area contributed by atoms with Crippen LogP contribution in [0, 0.1) is 0 Å². The summed E-state index contributed by atoms with van der Waals surface area (Å²) in [5, 5.41) is 0. The van der Waals surface area contributed by atoms with Crippen molar-refractivity contribution < 1.29 is 17.7 Å². The molecular weight excluding hydrogens is 363 g/mol. The number of rotatable bonds is 2. The number of halogens is 3. The van der Waals surface area contributed by atoms with Crippen LogP contribution in [0.4, 0.5) is 13.2 Å². The average molecular weight is 383 g/mol. The van der Waals surface area contributed by atoms with Crippen molar-refractivity contribution in [1.82, 2.24) is 9.55 Å². The molecule has 0 radical (unpaired) electrons. The standard InChI is InChI=1S/C18H20F3N3OS/c1-17(2,3)26(25)23-10-14-16-6-4-5-12-9-13(18(19,20)21)7-8-15(12)24(16)11-22-14/h7-11H,4-6H2,1-3H3. The molecule has 0 spiro atoms. The van der Waals surface area contributed by atoms with Crippen molar-refractivity contribution in [1.29, 1.82) is 0 Å². The van der Waals surface area contributed by atoms with E-state index in [1.807, 2.05) is 25.3 Å². The molecular formula is C18H20F3N3OS. The van der Waals surface area contributed by atoms with E-state index in [0.717, 1.165) is 11.8 Å². The fourth-order valence-electron chi connectivity index (χ4n) is 2.85. The third-order valence-electron chi connectivity index (χ3n) is 4.22. The highest BCUT2D eigenvalue weighted by atomic mass is 32.2. The van der Waals surface area contributed by atoms with E-state index in [9.17, 15) is 17.7 Å². The van der Waals surface area contributed by atoms with Crippen LogP contribution in [-0.4, -0.2) is 25.1 Å². The summed E-state index contributed by atoms with van der Waals surface area (Å²) in [6, 6.07) is 3.80. The summed E-state index contributed by atoms with van der Waals surface area (Å²) < 4.78 is 56.4. The SMILES string of the molecule is CC(C)(C)[S+]([O-])N=Cc1ncn2c1CCCc1cc(C(F)(F)F)ccc1-2. The minimum Gasteiger partial charge on any atom is -0.591 e. The first-order chi connectivity index (χ1) is 12.1. The van der Waals surface area contributed by atoms with Crippen molar-refractivity contribution in [2.24, 2.45) is 4.40 Å². The molecule has 0 aliphatic carbocycles. The molecule has 0 bridgehead atoms. The first-order valence-electron chi connectivity index (χ1n) is 8.30. The molecule has 1 aromatic heterocycles. The van der Waals surface area contributed by atoms with E-state index >= 15 is 0 Å². The van der Waals surface area contributed by atoms with E-state index in [-0.39, 0.29) is 0 Å². The van der Waals surface area contributed by atoms with Gasteiger partial charge in [-0.1, -0.05) is 4.40 Å². The number of benzene rings is 1. The first kappa shape index (κ1) is 19.0. The Morgan fingerprint density at radius 3 is 2.62 bits per heavy atom. The minimum absolute atomic E-state index is 0.465. The van der Waals surface area contributed by atoms with Gasteiger partial charge in [-0.05, 0) is 63.8 Å². The normalized spacial score (nSPS) is 16.3. The minimum atomic E-state index is -4.35. The summed E-state index contributed by atoms with van der Waals surface area (Å²) in [6.45, 7) is 5.51. The highest BCUT2D eigenvalue weighted by Crippen LogP contribution is 2.33. The summed E-state index contributed by atoms with van der Waals surface area (Å²) in [5.74, 6) is 0. The van der Waals surface area contributed by atoms with Crippen molar-refractivity contribution in [3.63, 3.8) is 0 Å². The van der Waals surface area contributed by atoms with Gasteiger partial charge in [0.05, 0.1) is 16.9 Å². The molecule has 0 N–H and O–H groups in total. The van der Waals surface area contributed by atoms with E-state index in [1.54, 1.807) is 6.33 Å². The molecule has 2 aromatic rings. The van der Waals surface area contributed by atoms with Crippen molar-refractivity contribution in [2.45, 2.75) is 51.0 Å². The maximum Gasteiger partial charge on any atom is 0.416 e. The lowest BCUT2D eigenvalue weighted by atomic mass is 10.0. The first-order valence-corrected chi connectivity index (χ1v) is 9.41. The Morgan fingerprint density at radius 2 is 1.96 bits per heavy atom. The molecule has 1 unspecified atom stereocenters. The van der Waals surface area contributed by atoms with Crippen molar-refractivity contribution in [3.8, 4) is 5.69 Å². The Kier molecular flexibility index (Phi) is 4.92. The highest BCUT2D eigenvalue weighted by Gasteiger charge is 2.32. The van der Waals surface area contributed by atoms with Crippen molar-refractivity contribution in [3.05, 3.63) is 47.0 Å². The molecule has 1 aliphatic rings. The van der Waals surface area contributed by atoms with Gasteiger partial charge in [-0.2, -0.15) is 13.2 Å². The number of aryl methyl sites for hydroxylation is 1. The zero-order valence-corrected chi connectivity index (χ0v) is 15.6. The van der Waals surface area contributed by atoms with Crippen LogP contribution in [0.25, 0.3) is 5.69 Å². The fraction of sp³-hybridized carbons (Fsp3) is 0.444. The van der Waals surface area contributed by atoms with Crippen LogP contribution in [0.2, 0.25) is 0 Å². The second-order valence-corrected chi connectivity index (χ2v) is 9.17. The number of aromatic nitrogens is 2. The van der Waals surface area contributed by atoms with E-state index in [1.165, 1.54) is 18.3 Å². The largest absolute Gasteiger partial charge is 0.591 e. The predicted octanol–water partition coefficient (Wildman–Crippen LogP) is 4.26. The van der Waals surface area contributed by atoms with Gasteiger partial charge in [0.1, 0.15) is 34.3 Å². The third kappa shape index (κ3) is 3.81. The van der Waals surface area contributed by atoms with Gasteiger partial charge in [0.2, 0.25) is 0 Å². The Labute approximate surface area is 153 Å². The van der Waals surface area contributed by atoms with Gasteiger partial charge in [-0.25, -0.2) is 4.98 Å². The third-order valence-corrected chi connectivity index (χ3v) is 5.56. The molecule has 140 valence electrons. The number of imidazole rings is 1. The van der Waals surface area contributed by atoms with E-state index < -0.39 is 27.8 Å². The maximum atomic E-state index is 13.0. The van der Waals surface area contributed by atoms with Crippen molar-refractivity contribution >= 4 is 17.6 Å². The molecule has 2 heterocycles. The van der Waals surface area contributed by atoms with Crippen LogP contribution in [0.5, 0.6) is 0 Å². The average Bonchev–Trinajstić information content (AvgIpc) is 2.84. The zero-order chi connectivity index (χ0) is 19.1. The van der Waals surface area contributed by atoms with Crippen LogP contribution < -0.4 is 0 Å². The summed E-state index contributed by atoms with van der Waals surface area (Å²) in [5.41, 5.74) is 2.20. The smallest absolute Gasteiger partial charge is 0.416 e. The quantitative estimate of drug-likeness (QED) is 0.575. The monoisotopic (exact) mass is 383 g/mol. The van der Waals surface area contributed by atoms with E-state index in [2.05, 4.69) is 9.38 Å². The second-order valence-electron chi connectivity index (χ2n) is 7.24. The lowest BCUT2D eigenvalue weighted by Crippen LogP contribution is -2.25. The van der Waals surface area contributed by atoms with Crippen molar-refractivity contribution in [2.75, 3.05) is 0 Å². The van der Waals surface area contributed by atoms with Gasteiger partial charge in [0, 0.05) is 0 Å². The topological polar surface area (TPSA) is 53.2 Å². The lowest BCUT2D eigenvalue weighted by Gasteiger charge is -2.17. The number of hydrogen-bond acceptors (Lipinski definition) is 3. The molecule has 8 heteroatoms. The molecule has 0 fully saturated rings. The van der Waals surface area contributed by atoms with E-state index in [0.29, 0.717) is 36.2 Å². The van der Waals surface area contributed by atoms with E-state index in [4.69, 9.17) is 0 Å². The van der Waals surface area contributed by atoms with Gasteiger partial charge in [-0.3, -0.25) is 0 Å². The van der Waals surface area contributed by atoms with Crippen LogP contribution in [0.3, 0.4) is 0 Å². The van der Waals surface area contributed by atoms with Crippen LogP contribution in [0.1, 0.15) is 49.7 Å². The molecule has 1 aliphatic heterocycles. The number of nitrogens with zero attached hydrogens (tertiary/aromatic N) is 3. The zero-order valence-electron chi connectivity index (χ0n) is 14.8. The fourth-order valence-corrected chi connectivity index (χ4v) is 3.36. The van der Waals surface area contributed by atoms with Crippen LogP contribution >= 0.6 is 0 Å². The van der Waals surface area contributed by atoms with Gasteiger partial charge in [0.15, 0.2) is 0 Å². The molecule has 4 nitrogen and oxygen atoms in total. The predicted molar refractivity (Wildman–Crippen MR) is 96.1 cm³/mol. The molecule has 1 aromatic carbocycles. The summed E-state index contributed by atoms with van der Waals surface area (Å²) in [7, 11) is 0.